The minimum Gasteiger partial charge on any atom is -0.370 e. The van der Waals surface area contributed by atoms with Crippen molar-refractivity contribution in [3.8, 4) is 0 Å². The molecule has 0 heterocycles. The highest BCUT2D eigenvalue weighted by atomic mass is 35.5. The van der Waals surface area contributed by atoms with Gasteiger partial charge in [-0.15, -0.1) is 0 Å². The Morgan fingerprint density at radius 2 is 2.25 bits per heavy atom. The topological polar surface area (TPSA) is 61.9 Å². The zero-order valence-electron chi connectivity index (χ0n) is 6.07. The second-order valence-electron chi connectivity index (χ2n) is 2.16. The SMILES string of the molecule is N=C(N)Nc1ccc(Cl)cc1F. The second-order valence-corrected chi connectivity index (χ2v) is 2.60. The third-order valence-electron chi connectivity index (χ3n) is 1.20. The van der Waals surface area contributed by atoms with Gasteiger partial charge in [0.25, 0.3) is 0 Å². The molecule has 1 aromatic rings. The highest BCUT2D eigenvalue weighted by molar-refractivity contribution is 6.30. The molecule has 0 aliphatic heterocycles. The Bertz CT molecular complexity index is 314. The Kier molecular flexibility index (Phi) is 2.50. The van der Waals surface area contributed by atoms with Gasteiger partial charge in [0.2, 0.25) is 0 Å². The van der Waals surface area contributed by atoms with Gasteiger partial charge in [-0.25, -0.2) is 4.39 Å². The van der Waals surface area contributed by atoms with Crippen LogP contribution in [-0.2, 0) is 0 Å². The number of anilines is 1. The lowest BCUT2D eigenvalue weighted by molar-refractivity contribution is 0.632. The Morgan fingerprint density at radius 1 is 1.58 bits per heavy atom. The molecular formula is C7H7ClFN3. The molecule has 0 spiro atoms. The Balaban J connectivity index is 2.93. The first-order valence-corrected chi connectivity index (χ1v) is 3.53. The van der Waals surface area contributed by atoms with E-state index in [1.807, 2.05) is 0 Å². The molecule has 4 N–H and O–H groups in total. The minimum atomic E-state index is -0.530. The fourth-order valence-corrected chi connectivity index (χ4v) is 0.895. The summed E-state index contributed by atoms with van der Waals surface area (Å²) in [5.74, 6) is -0.839. The Labute approximate surface area is 73.8 Å². The summed E-state index contributed by atoms with van der Waals surface area (Å²) in [5, 5.41) is 9.48. The van der Waals surface area contributed by atoms with Crippen LogP contribution in [0.4, 0.5) is 10.1 Å². The van der Waals surface area contributed by atoms with Crippen molar-refractivity contribution >= 4 is 23.2 Å². The van der Waals surface area contributed by atoms with Crippen molar-refractivity contribution in [2.24, 2.45) is 5.73 Å². The van der Waals surface area contributed by atoms with Gasteiger partial charge in [-0.3, -0.25) is 5.41 Å². The molecule has 1 aromatic carbocycles. The van der Waals surface area contributed by atoms with E-state index in [0.717, 1.165) is 6.07 Å². The van der Waals surface area contributed by atoms with Gasteiger partial charge in [-0.05, 0) is 18.2 Å². The summed E-state index contributed by atoms with van der Waals surface area (Å²) in [6, 6.07) is 4.07. The molecule has 64 valence electrons. The minimum absolute atomic E-state index is 0.145. The molecule has 0 saturated heterocycles. The van der Waals surface area contributed by atoms with Crippen LogP contribution in [0.15, 0.2) is 18.2 Å². The molecule has 1 rings (SSSR count). The van der Waals surface area contributed by atoms with E-state index >= 15 is 0 Å². The van der Waals surface area contributed by atoms with Gasteiger partial charge in [0.15, 0.2) is 5.96 Å². The van der Waals surface area contributed by atoms with E-state index in [9.17, 15) is 4.39 Å². The van der Waals surface area contributed by atoms with Crippen molar-refractivity contribution in [1.29, 1.82) is 5.41 Å². The summed E-state index contributed by atoms with van der Waals surface area (Å²) in [5.41, 5.74) is 5.15. The summed E-state index contributed by atoms with van der Waals surface area (Å²) in [6.07, 6.45) is 0. The lowest BCUT2D eigenvalue weighted by atomic mass is 10.3. The van der Waals surface area contributed by atoms with Gasteiger partial charge in [-0.2, -0.15) is 0 Å². The largest absolute Gasteiger partial charge is 0.370 e. The summed E-state index contributed by atoms with van der Waals surface area (Å²) in [6.45, 7) is 0. The van der Waals surface area contributed by atoms with Crippen LogP contribution in [0, 0.1) is 11.2 Å². The number of rotatable bonds is 1. The van der Waals surface area contributed by atoms with Crippen LogP contribution >= 0.6 is 11.6 Å². The van der Waals surface area contributed by atoms with Gasteiger partial charge in [0.05, 0.1) is 5.69 Å². The van der Waals surface area contributed by atoms with Gasteiger partial charge >= 0.3 is 0 Å². The smallest absolute Gasteiger partial charge is 0.190 e. The summed E-state index contributed by atoms with van der Waals surface area (Å²) in [4.78, 5) is 0. The monoisotopic (exact) mass is 187 g/mol. The van der Waals surface area contributed by atoms with Gasteiger partial charge in [0.1, 0.15) is 5.82 Å². The molecule has 0 unspecified atom stereocenters. The zero-order valence-corrected chi connectivity index (χ0v) is 6.82. The average molecular weight is 188 g/mol. The van der Waals surface area contributed by atoms with E-state index in [4.69, 9.17) is 22.7 Å². The van der Waals surface area contributed by atoms with Crippen LogP contribution in [0.25, 0.3) is 0 Å². The number of nitrogens with one attached hydrogen (secondary N) is 2. The van der Waals surface area contributed by atoms with E-state index in [1.165, 1.54) is 12.1 Å². The first-order valence-electron chi connectivity index (χ1n) is 3.15. The van der Waals surface area contributed by atoms with E-state index < -0.39 is 5.82 Å². The van der Waals surface area contributed by atoms with Crippen LogP contribution in [0.1, 0.15) is 0 Å². The number of nitrogens with two attached hydrogens (primary N) is 1. The lowest BCUT2D eigenvalue weighted by Gasteiger charge is -2.04. The van der Waals surface area contributed by atoms with E-state index in [0.29, 0.717) is 5.02 Å². The quantitative estimate of drug-likeness (QED) is 0.464. The van der Waals surface area contributed by atoms with Gasteiger partial charge < -0.3 is 11.1 Å². The van der Waals surface area contributed by atoms with Crippen molar-refractivity contribution < 1.29 is 4.39 Å². The van der Waals surface area contributed by atoms with Crippen molar-refractivity contribution in [3.63, 3.8) is 0 Å². The molecule has 12 heavy (non-hydrogen) atoms. The van der Waals surface area contributed by atoms with Crippen LogP contribution in [0.2, 0.25) is 5.02 Å². The molecule has 0 bridgehead atoms. The molecule has 0 radical (unpaired) electrons. The predicted molar refractivity (Wildman–Crippen MR) is 46.9 cm³/mol. The van der Waals surface area contributed by atoms with Crippen molar-refractivity contribution in [2.45, 2.75) is 0 Å². The molecule has 0 aliphatic rings. The summed E-state index contributed by atoms with van der Waals surface area (Å²) >= 11 is 5.50. The molecule has 0 atom stereocenters. The van der Waals surface area contributed by atoms with Crippen LogP contribution < -0.4 is 11.1 Å². The van der Waals surface area contributed by atoms with E-state index in [1.54, 1.807) is 0 Å². The van der Waals surface area contributed by atoms with E-state index in [-0.39, 0.29) is 11.6 Å². The third kappa shape index (κ3) is 2.10. The average Bonchev–Trinajstić information content (AvgIpc) is 1.94. The fraction of sp³-hybridized carbons (Fsp3) is 0. The Morgan fingerprint density at radius 3 is 2.75 bits per heavy atom. The summed E-state index contributed by atoms with van der Waals surface area (Å²) in [7, 11) is 0. The number of guanidine groups is 1. The van der Waals surface area contributed by atoms with Gasteiger partial charge in [-0.1, -0.05) is 11.6 Å². The van der Waals surface area contributed by atoms with Crippen LogP contribution in [0.3, 0.4) is 0 Å². The molecular weight excluding hydrogens is 181 g/mol. The standard InChI is InChI=1S/C7H7ClFN3/c8-4-1-2-6(5(9)3-4)12-7(10)11/h1-3H,(H4,10,11,12). The highest BCUT2D eigenvalue weighted by Gasteiger charge is 2.01. The summed E-state index contributed by atoms with van der Waals surface area (Å²) < 4.78 is 12.9. The molecule has 0 amide bonds. The maximum Gasteiger partial charge on any atom is 0.190 e. The number of benzene rings is 1. The molecule has 0 aliphatic carbocycles. The maximum atomic E-state index is 12.9. The number of halogens is 2. The molecule has 5 heteroatoms. The normalized spacial score (nSPS) is 9.50. The van der Waals surface area contributed by atoms with Crippen molar-refractivity contribution in [3.05, 3.63) is 29.0 Å². The van der Waals surface area contributed by atoms with Crippen LogP contribution in [0.5, 0.6) is 0 Å². The highest BCUT2D eigenvalue weighted by Crippen LogP contribution is 2.18. The first-order chi connectivity index (χ1) is 5.59. The first kappa shape index (κ1) is 8.80. The predicted octanol–water partition coefficient (Wildman–Crippen LogP) is 1.78. The third-order valence-corrected chi connectivity index (χ3v) is 1.44. The van der Waals surface area contributed by atoms with Crippen molar-refractivity contribution in [2.75, 3.05) is 5.32 Å². The number of hydrogen-bond donors (Lipinski definition) is 3. The molecule has 0 aromatic heterocycles. The molecule has 3 nitrogen and oxygen atoms in total. The lowest BCUT2D eigenvalue weighted by Crippen LogP contribution is -2.21. The fourth-order valence-electron chi connectivity index (χ4n) is 0.736. The Hall–Kier alpha value is -1.29. The second kappa shape index (κ2) is 3.40. The number of hydrogen-bond acceptors (Lipinski definition) is 1. The van der Waals surface area contributed by atoms with E-state index in [2.05, 4.69) is 5.32 Å². The maximum absolute atomic E-state index is 12.9. The zero-order chi connectivity index (χ0) is 9.14. The molecule has 0 saturated carbocycles. The van der Waals surface area contributed by atoms with Gasteiger partial charge in [0, 0.05) is 5.02 Å². The van der Waals surface area contributed by atoms with Crippen LogP contribution in [-0.4, -0.2) is 5.96 Å². The molecule has 0 fully saturated rings. The van der Waals surface area contributed by atoms with Crippen molar-refractivity contribution in [1.82, 2.24) is 0 Å².